The van der Waals surface area contributed by atoms with Gasteiger partial charge in [-0.2, -0.15) is 0 Å². The second-order valence-electron chi connectivity index (χ2n) is 9.72. The van der Waals surface area contributed by atoms with E-state index in [2.05, 4.69) is 34.5 Å². The van der Waals surface area contributed by atoms with Crippen LogP contribution < -0.4 is 10.2 Å². The zero-order valence-corrected chi connectivity index (χ0v) is 21.8. The molecule has 1 amide bonds. The van der Waals surface area contributed by atoms with Crippen molar-refractivity contribution in [3.8, 4) is 0 Å². The molecule has 0 bridgehead atoms. The SMILES string of the molecule is O=C(NC(Cc1ccccc1)C(=O)O)c1ccc(CN(Cc2cccc3ccccc23)c2ccc(F)cc2)cc1. The molecule has 5 aromatic rings. The molecule has 0 radical (unpaired) electrons. The van der Waals surface area contributed by atoms with Crippen molar-refractivity contribution < 1.29 is 19.1 Å². The van der Waals surface area contributed by atoms with Crippen molar-refractivity contribution in [3.05, 3.63) is 149 Å². The highest BCUT2D eigenvalue weighted by Gasteiger charge is 2.21. The molecular weight excluding hydrogens is 503 g/mol. The standard InChI is InChI=1S/C34H29FN2O3/c35-29-17-19-30(20-18-29)37(23-28-11-6-10-26-9-4-5-12-31(26)28)22-25-13-15-27(16-14-25)33(38)36-32(34(39)40)21-24-7-2-1-3-8-24/h1-20,32H,21-23H2,(H,36,38)(H,39,40). The molecule has 0 aliphatic rings. The van der Waals surface area contributed by atoms with Gasteiger partial charge in [-0.15, -0.1) is 0 Å². The molecule has 5 nitrogen and oxygen atoms in total. The molecule has 5 aromatic carbocycles. The van der Waals surface area contributed by atoms with Crippen LogP contribution in [0.1, 0.15) is 27.0 Å². The molecule has 0 aliphatic carbocycles. The summed E-state index contributed by atoms with van der Waals surface area (Å²) in [6.07, 6.45) is 0.195. The monoisotopic (exact) mass is 532 g/mol. The minimum absolute atomic E-state index is 0.195. The third-order valence-electron chi connectivity index (χ3n) is 6.91. The molecule has 5 rings (SSSR count). The molecule has 0 spiro atoms. The molecule has 200 valence electrons. The first-order valence-electron chi connectivity index (χ1n) is 13.1. The average molecular weight is 533 g/mol. The van der Waals surface area contributed by atoms with E-state index in [1.165, 1.54) is 12.1 Å². The predicted molar refractivity (Wildman–Crippen MR) is 156 cm³/mol. The number of nitrogens with one attached hydrogen (secondary N) is 1. The summed E-state index contributed by atoms with van der Waals surface area (Å²) in [5.74, 6) is -1.82. The molecule has 0 heterocycles. The van der Waals surface area contributed by atoms with Crippen molar-refractivity contribution in [1.29, 1.82) is 0 Å². The van der Waals surface area contributed by atoms with Crippen molar-refractivity contribution in [3.63, 3.8) is 0 Å². The van der Waals surface area contributed by atoms with Gasteiger partial charge in [0.25, 0.3) is 5.91 Å². The number of rotatable bonds is 10. The lowest BCUT2D eigenvalue weighted by molar-refractivity contribution is -0.139. The van der Waals surface area contributed by atoms with Crippen molar-refractivity contribution >= 4 is 28.3 Å². The van der Waals surface area contributed by atoms with E-state index in [1.54, 1.807) is 24.3 Å². The van der Waals surface area contributed by atoms with Crippen molar-refractivity contribution in [2.24, 2.45) is 0 Å². The van der Waals surface area contributed by atoms with E-state index in [9.17, 15) is 19.1 Å². The van der Waals surface area contributed by atoms with Gasteiger partial charge in [0.2, 0.25) is 0 Å². The topological polar surface area (TPSA) is 69.6 Å². The van der Waals surface area contributed by atoms with E-state index in [1.807, 2.05) is 60.7 Å². The largest absolute Gasteiger partial charge is 0.480 e. The minimum atomic E-state index is -1.09. The first-order chi connectivity index (χ1) is 19.5. The van der Waals surface area contributed by atoms with Crippen LogP contribution in [0, 0.1) is 5.82 Å². The van der Waals surface area contributed by atoms with Gasteiger partial charge in [0.15, 0.2) is 0 Å². The van der Waals surface area contributed by atoms with E-state index in [0.29, 0.717) is 18.7 Å². The highest BCUT2D eigenvalue weighted by molar-refractivity contribution is 5.96. The van der Waals surface area contributed by atoms with Crippen LogP contribution in [0.3, 0.4) is 0 Å². The Labute approximate surface area is 232 Å². The van der Waals surface area contributed by atoms with E-state index >= 15 is 0 Å². The first-order valence-corrected chi connectivity index (χ1v) is 13.1. The highest BCUT2D eigenvalue weighted by Crippen LogP contribution is 2.25. The van der Waals surface area contributed by atoms with Crippen LogP contribution in [0.15, 0.2) is 121 Å². The van der Waals surface area contributed by atoms with Crippen molar-refractivity contribution in [2.75, 3.05) is 4.90 Å². The van der Waals surface area contributed by atoms with Crippen LogP contribution in [0.5, 0.6) is 0 Å². The molecule has 6 heteroatoms. The fourth-order valence-electron chi connectivity index (χ4n) is 4.80. The molecule has 2 N–H and O–H groups in total. The molecule has 40 heavy (non-hydrogen) atoms. The maximum absolute atomic E-state index is 13.7. The lowest BCUT2D eigenvalue weighted by Crippen LogP contribution is -2.42. The number of carboxylic acid groups (broad SMARTS) is 1. The molecule has 0 saturated carbocycles. The molecule has 1 unspecified atom stereocenters. The number of anilines is 1. The van der Waals surface area contributed by atoms with Crippen LogP contribution in [-0.4, -0.2) is 23.0 Å². The van der Waals surface area contributed by atoms with Crippen molar-refractivity contribution in [2.45, 2.75) is 25.6 Å². The Morgan fingerprint density at radius 2 is 1.40 bits per heavy atom. The second-order valence-corrected chi connectivity index (χ2v) is 9.72. The number of aliphatic carboxylic acids is 1. The second kappa shape index (κ2) is 12.3. The zero-order valence-electron chi connectivity index (χ0n) is 21.8. The van der Waals surface area contributed by atoms with Crippen LogP contribution in [0.2, 0.25) is 0 Å². The van der Waals surface area contributed by atoms with E-state index < -0.39 is 17.9 Å². The number of hydrogen-bond donors (Lipinski definition) is 2. The highest BCUT2D eigenvalue weighted by atomic mass is 19.1. The summed E-state index contributed by atoms with van der Waals surface area (Å²) in [6.45, 7) is 1.14. The van der Waals surface area contributed by atoms with Gasteiger partial charge in [-0.25, -0.2) is 9.18 Å². The van der Waals surface area contributed by atoms with Crippen LogP contribution in [0.4, 0.5) is 10.1 Å². The average Bonchev–Trinajstić information content (AvgIpc) is 2.98. The maximum atomic E-state index is 13.7. The summed E-state index contributed by atoms with van der Waals surface area (Å²) in [4.78, 5) is 26.8. The van der Waals surface area contributed by atoms with Crippen LogP contribution in [-0.2, 0) is 24.3 Å². The number of benzene rings is 5. The van der Waals surface area contributed by atoms with Gasteiger partial charge in [-0.3, -0.25) is 4.79 Å². The summed E-state index contributed by atoms with van der Waals surface area (Å²) < 4.78 is 13.7. The fraction of sp³-hybridized carbons (Fsp3) is 0.118. The van der Waals surface area contributed by atoms with E-state index in [-0.39, 0.29) is 12.2 Å². The minimum Gasteiger partial charge on any atom is -0.480 e. The Morgan fingerprint density at radius 3 is 2.12 bits per heavy atom. The summed E-state index contributed by atoms with van der Waals surface area (Å²) in [5.41, 5.74) is 4.20. The Kier molecular flexibility index (Phi) is 8.16. The summed E-state index contributed by atoms with van der Waals surface area (Å²) in [7, 11) is 0. The maximum Gasteiger partial charge on any atom is 0.326 e. The van der Waals surface area contributed by atoms with Crippen LogP contribution >= 0.6 is 0 Å². The number of hydrogen-bond acceptors (Lipinski definition) is 3. The third kappa shape index (κ3) is 6.53. The Bertz CT molecular complexity index is 1600. The lowest BCUT2D eigenvalue weighted by atomic mass is 10.0. The number of carbonyl (C=O) groups is 2. The normalized spacial score (nSPS) is 11.6. The quantitative estimate of drug-likeness (QED) is 0.212. The number of halogens is 1. The number of carboxylic acids is 1. The Hall–Kier alpha value is -4.97. The van der Waals surface area contributed by atoms with Gasteiger partial charge in [0, 0.05) is 30.8 Å². The number of fused-ring (bicyclic) bond motifs is 1. The summed E-state index contributed by atoms with van der Waals surface area (Å²) in [6, 6.07) is 36.2. The van der Waals surface area contributed by atoms with Gasteiger partial charge < -0.3 is 15.3 Å². The Morgan fingerprint density at radius 1 is 0.725 bits per heavy atom. The number of amides is 1. The zero-order chi connectivity index (χ0) is 27.9. The molecule has 0 fully saturated rings. The summed E-state index contributed by atoms with van der Waals surface area (Å²) in [5, 5.41) is 14.6. The Balaban J connectivity index is 1.33. The summed E-state index contributed by atoms with van der Waals surface area (Å²) >= 11 is 0. The lowest BCUT2D eigenvalue weighted by Gasteiger charge is -2.26. The van der Waals surface area contributed by atoms with Gasteiger partial charge in [0.05, 0.1) is 0 Å². The predicted octanol–water partition coefficient (Wildman–Crippen LogP) is 6.61. The molecule has 0 saturated heterocycles. The molecule has 0 aromatic heterocycles. The fourth-order valence-corrected chi connectivity index (χ4v) is 4.80. The smallest absolute Gasteiger partial charge is 0.326 e. The number of carbonyl (C=O) groups excluding carboxylic acids is 1. The number of nitrogens with zero attached hydrogens (tertiary/aromatic N) is 1. The van der Waals surface area contributed by atoms with Gasteiger partial charge in [-0.05, 0) is 63.9 Å². The van der Waals surface area contributed by atoms with E-state index in [0.717, 1.165) is 33.2 Å². The third-order valence-corrected chi connectivity index (χ3v) is 6.91. The molecule has 0 aliphatic heterocycles. The first kappa shape index (κ1) is 26.6. The van der Waals surface area contributed by atoms with Crippen molar-refractivity contribution in [1.82, 2.24) is 5.32 Å². The van der Waals surface area contributed by atoms with Crippen LogP contribution in [0.25, 0.3) is 10.8 Å². The van der Waals surface area contributed by atoms with Gasteiger partial charge >= 0.3 is 5.97 Å². The molecular formula is C34H29FN2O3. The van der Waals surface area contributed by atoms with Gasteiger partial charge in [-0.1, -0.05) is 84.9 Å². The van der Waals surface area contributed by atoms with Gasteiger partial charge in [0.1, 0.15) is 11.9 Å². The molecule has 1 atom stereocenters. The van der Waals surface area contributed by atoms with E-state index in [4.69, 9.17) is 0 Å².